The zero-order valence-corrected chi connectivity index (χ0v) is 20.0. The summed E-state index contributed by atoms with van der Waals surface area (Å²) >= 11 is 12.1. The van der Waals surface area contributed by atoms with E-state index in [1.807, 2.05) is 13.0 Å². The van der Waals surface area contributed by atoms with Gasteiger partial charge in [-0.3, -0.25) is 4.79 Å². The minimum atomic E-state index is -0.506. The van der Waals surface area contributed by atoms with Gasteiger partial charge in [0, 0.05) is 22.8 Å². The molecule has 0 bridgehead atoms. The molecule has 1 aliphatic rings. The molecule has 1 aliphatic heterocycles. The molecule has 0 saturated heterocycles. The number of halogens is 2. The van der Waals surface area contributed by atoms with Gasteiger partial charge in [0.1, 0.15) is 11.6 Å². The topological polar surface area (TPSA) is 56.1 Å². The van der Waals surface area contributed by atoms with Crippen molar-refractivity contribution < 1.29 is 4.79 Å². The Morgan fingerprint density at radius 3 is 2.65 bits per heavy atom. The number of nitrogens with one attached hydrogen (secondary N) is 1. The quantitative estimate of drug-likeness (QED) is 0.400. The zero-order valence-electron chi connectivity index (χ0n) is 18.5. The van der Waals surface area contributed by atoms with Gasteiger partial charge in [-0.25, -0.2) is 0 Å². The average Bonchev–Trinajstić information content (AvgIpc) is 2.68. The number of fused-ring (bicyclic) bond motifs is 1. The van der Waals surface area contributed by atoms with E-state index in [1.54, 1.807) is 24.3 Å². The summed E-state index contributed by atoms with van der Waals surface area (Å²) < 4.78 is 0. The van der Waals surface area contributed by atoms with Crippen molar-refractivity contribution in [2.75, 3.05) is 16.8 Å². The molecule has 0 spiro atoms. The lowest BCUT2D eigenvalue weighted by atomic mass is 9.79. The van der Waals surface area contributed by atoms with Crippen LogP contribution < -0.4 is 10.2 Å². The number of hydrogen-bond acceptors (Lipinski definition) is 3. The lowest BCUT2D eigenvalue weighted by Crippen LogP contribution is -2.48. The van der Waals surface area contributed by atoms with E-state index in [0.717, 1.165) is 24.1 Å². The van der Waals surface area contributed by atoms with Crippen LogP contribution in [0.25, 0.3) is 6.08 Å². The van der Waals surface area contributed by atoms with Gasteiger partial charge in [-0.2, -0.15) is 5.26 Å². The molecule has 0 aliphatic carbocycles. The first kappa shape index (κ1) is 23.2. The van der Waals surface area contributed by atoms with Crippen LogP contribution in [0.15, 0.2) is 35.9 Å². The molecular formula is C25H27Cl2N3O. The van der Waals surface area contributed by atoms with Gasteiger partial charge in [-0.1, -0.05) is 30.1 Å². The molecule has 0 aromatic heterocycles. The molecule has 1 heterocycles. The van der Waals surface area contributed by atoms with Crippen LogP contribution in [0.4, 0.5) is 11.4 Å². The van der Waals surface area contributed by atoms with Gasteiger partial charge < -0.3 is 10.2 Å². The number of carbonyl (C=O) groups excluding carboxylic acids is 1. The zero-order chi connectivity index (χ0) is 22.9. The molecule has 4 nitrogen and oxygen atoms in total. The van der Waals surface area contributed by atoms with Crippen LogP contribution in [-0.2, 0) is 4.79 Å². The molecule has 0 fully saturated rings. The van der Waals surface area contributed by atoms with E-state index in [1.165, 1.54) is 11.3 Å². The number of carbonyl (C=O) groups is 1. The summed E-state index contributed by atoms with van der Waals surface area (Å²) in [6, 6.07) is 11.1. The maximum atomic E-state index is 12.7. The molecule has 3 rings (SSSR count). The summed E-state index contributed by atoms with van der Waals surface area (Å²) in [7, 11) is 0. The normalized spacial score (nSPS) is 17.7. The molecule has 0 saturated carbocycles. The lowest BCUT2D eigenvalue weighted by molar-refractivity contribution is -0.112. The molecule has 2 aromatic carbocycles. The summed E-state index contributed by atoms with van der Waals surface area (Å²) in [5.41, 5.74) is 4.88. The summed E-state index contributed by atoms with van der Waals surface area (Å²) in [6.07, 6.45) is 2.69. The Morgan fingerprint density at radius 2 is 2.03 bits per heavy atom. The third kappa shape index (κ3) is 4.74. The van der Waals surface area contributed by atoms with Crippen molar-refractivity contribution in [3.05, 3.63) is 62.6 Å². The second-order valence-corrected chi connectivity index (χ2v) is 9.52. The Kier molecular flexibility index (Phi) is 6.69. The van der Waals surface area contributed by atoms with Gasteiger partial charge in [-0.15, -0.1) is 0 Å². The number of nitrogens with zero attached hydrogens (tertiary/aromatic N) is 2. The van der Waals surface area contributed by atoms with Crippen LogP contribution >= 0.6 is 23.2 Å². The van der Waals surface area contributed by atoms with Crippen LogP contribution in [0.3, 0.4) is 0 Å². The smallest absolute Gasteiger partial charge is 0.266 e. The SMILES string of the molecule is CCN1c2cc(C)c(/C=C(/C#N)C(=O)Nc3ccc(Cl)cc3Cl)cc2[C@H](C)CC1(C)C. The Hall–Kier alpha value is -2.48. The van der Waals surface area contributed by atoms with E-state index in [4.69, 9.17) is 23.2 Å². The van der Waals surface area contributed by atoms with E-state index >= 15 is 0 Å². The third-order valence-corrected chi connectivity index (χ3v) is 6.48. The lowest BCUT2D eigenvalue weighted by Gasteiger charge is -2.47. The summed E-state index contributed by atoms with van der Waals surface area (Å²) in [4.78, 5) is 15.2. The van der Waals surface area contributed by atoms with Crippen LogP contribution in [0.1, 0.15) is 56.7 Å². The standard InChI is InChI=1S/C25H27Cl2N3O/c1-6-30-23-9-15(2)17(11-20(23)16(3)13-25(30,4)5)10-18(14-28)24(31)29-22-8-7-19(26)12-21(22)27/h7-12,16H,6,13H2,1-5H3,(H,29,31)/b18-10-/t16-/m1/s1. The minimum absolute atomic E-state index is 0.0187. The van der Waals surface area contributed by atoms with Gasteiger partial charge in [0.2, 0.25) is 0 Å². The highest BCUT2D eigenvalue weighted by Crippen LogP contribution is 2.44. The summed E-state index contributed by atoms with van der Waals surface area (Å²) in [5, 5.41) is 13.1. The van der Waals surface area contributed by atoms with E-state index in [2.05, 4.69) is 50.0 Å². The van der Waals surface area contributed by atoms with Gasteiger partial charge in [0.25, 0.3) is 5.91 Å². The maximum Gasteiger partial charge on any atom is 0.266 e. The average molecular weight is 456 g/mol. The van der Waals surface area contributed by atoms with Gasteiger partial charge in [0.05, 0.1) is 10.7 Å². The number of rotatable bonds is 4. The first-order valence-electron chi connectivity index (χ1n) is 10.4. The fourth-order valence-corrected chi connectivity index (χ4v) is 4.95. The van der Waals surface area contributed by atoms with Gasteiger partial charge in [-0.05, 0) is 93.1 Å². The van der Waals surface area contributed by atoms with Crippen molar-refractivity contribution in [2.45, 2.75) is 52.5 Å². The number of amides is 1. The predicted molar refractivity (Wildman–Crippen MR) is 130 cm³/mol. The van der Waals surface area contributed by atoms with Crippen molar-refractivity contribution >= 4 is 46.6 Å². The van der Waals surface area contributed by atoms with Gasteiger partial charge in [0.15, 0.2) is 0 Å². The molecule has 1 amide bonds. The fraction of sp³-hybridized carbons (Fsp3) is 0.360. The molecule has 0 unspecified atom stereocenters. The van der Waals surface area contributed by atoms with E-state index in [0.29, 0.717) is 21.7 Å². The second kappa shape index (κ2) is 8.94. The van der Waals surface area contributed by atoms with E-state index in [-0.39, 0.29) is 11.1 Å². The van der Waals surface area contributed by atoms with Crippen molar-refractivity contribution in [2.24, 2.45) is 0 Å². The van der Waals surface area contributed by atoms with Crippen molar-refractivity contribution in [1.29, 1.82) is 5.26 Å². The van der Waals surface area contributed by atoms with Crippen LogP contribution in [-0.4, -0.2) is 18.0 Å². The molecule has 2 aromatic rings. The monoisotopic (exact) mass is 455 g/mol. The molecule has 6 heteroatoms. The minimum Gasteiger partial charge on any atom is -0.366 e. The predicted octanol–water partition coefficient (Wildman–Crippen LogP) is 6.96. The largest absolute Gasteiger partial charge is 0.366 e. The van der Waals surface area contributed by atoms with Crippen molar-refractivity contribution in [3.63, 3.8) is 0 Å². The third-order valence-electron chi connectivity index (χ3n) is 5.93. The van der Waals surface area contributed by atoms with Gasteiger partial charge >= 0.3 is 0 Å². The van der Waals surface area contributed by atoms with Crippen LogP contribution in [0.5, 0.6) is 0 Å². The second-order valence-electron chi connectivity index (χ2n) is 8.68. The highest BCUT2D eigenvalue weighted by atomic mass is 35.5. The Bertz CT molecular complexity index is 1100. The number of nitriles is 1. The number of aryl methyl sites for hydroxylation is 1. The highest BCUT2D eigenvalue weighted by molar-refractivity contribution is 6.36. The van der Waals surface area contributed by atoms with Crippen molar-refractivity contribution in [1.82, 2.24) is 0 Å². The Morgan fingerprint density at radius 1 is 1.32 bits per heavy atom. The number of hydrogen-bond donors (Lipinski definition) is 1. The molecular weight excluding hydrogens is 429 g/mol. The molecule has 1 N–H and O–H groups in total. The van der Waals surface area contributed by atoms with Crippen molar-refractivity contribution in [3.8, 4) is 6.07 Å². The summed E-state index contributed by atoms with van der Waals surface area (Å²) in [6.45, 7) is 11.9. The maximum absolute atomic E-state index is 12.7. The fourth-order valence-electron chi connectivity index (χ4n) is 4.49. The van der Waals surface area contributed by atoms with Crippen LogP contribution in [0, 0.1) is 18.3 Å². The van der Waals surface area contributed by atoms with E-state index in [9.17, 15) is 10.1 Å². The Labute approximate surface area is 194 Å². The molecule has 0 radical (unpaired) electrons. The first-order chi connectivity index (χ1) is 14.6. The first-order valence-corrected chi connectivity index (χ1v) is 11.1. The van der Waals surface area contributed by atoms with E-state index < -0.39 is 5.91 Å². The highest BCUT2D eigenvalue weighted by Gasteiger charge is 2.35. The summed E-state index contributed by atoms with van der Waals surface area (Å²) in [5.74, 6) is -0.124. The van der Waals surface area contributed by atoms with Crippen LogP contribution in [0.2, 0.25) is 10.0 Å². The molecule has 1 atom stereocenters. The Balaban J connectivity index is 1.97. The number of anilines is 2. The molecule has 31 heavy (non-hydrogen) atoms. The molecule has 162 valence electrons. The number of benzene rings is 2.